The molecule has 3 saturated heterocycles. The molecule has 0 aromatic heterocycles. The second kappa shape index (κ2) is 7.45. The lowest BCUT2D eigenvalue weighted by molar-refractivity contribution is -0.141. The average molecular weight is 316 g/mol. The summed E-state index contributed by atoms with van der Waals surface area (Å²) >= 11 is 0. The van der Waals surface area contributed by atoms with Crippen LogP contribution in [0.5, 0.6) is 0 Å². The van der Waals surface area contributed by atoms with E-state index in [2.05, 4.69) is 5.32 Å². The number of carbonyl (C=O) groups is 2. The Hall–Kier alpha value is -0.810. The Morgan fingerprint density at radius 3 is 2.24 bits per heavy atom. The smallest absolute Gasteiger partial charge is 0.239 e. The number of likely N-dealkylation sites (tertiary alicyclic amines) is 2. The van der Waals surface area contributed by atoms with E-state index in [-0.39, 0.29) is 36.2 Å². The van der Waals surface area contributed by atoms with Crippen LogP contribution >= 0.6 is 12.4 Å². The molecule has 2 atom stereocenters. The number of carbonyl (C=O) groups excluding carboxylic acids is 2. The average Bonchev–Trinajstić information content (AvgIpc) is 3.18. The predicted molar refractivity (Wildman–Crippen MR) is 83.4 cm³/mol. The molecule has 2 amide bonds. The fraction of sp³-hybridized carbons (Fsp3) is 0.867. The molecule has 3 rings (SSSR count). The summed E-state index contributed by atoms with van der Waals surface area (Å²) in [6.07, 6.45) is 6.20. The van der Waals surface area contributed by atoms with Gasteiger partial charge in [0.15, 0.2) is 0 Å². The maximum atomic E-state index is 12.5. The number of nitrogens with one attached hydrogen (secondary N) is 1. The summed E-state index contributed by atoms with van der Waals surface area (Å²) in [6.45, 7) is 4.22. The number of rotatable bonds is 2. The van der Waals surface area contributed by atoms with Crippen molar-refractivity contribution in [3.05, 3.63) is 0 Å². The third-order valence-corrected chi connectivity index (χ3v) is 4.86. The molecule has 0 saturated carbocycles. The Kier molecular flexibility index (Phi) is 5.88. The summed E-state index contributed by atoms with van der Waals surface area (Å²) in [5, 5.41) is 3.27. The van der Waals surface area contributed by atoms with Crippen LogP contribution in [0.2, 0.25) is 0 Å². The van der Waals surface area contributed by atoms with Crippen molar-refractivity contribution < 1.29 is 9.59 Å². The Bertz CT molecular complexity index is 345. The number of piperidine rings is 1. The molecule has 120 valence electrons. The van der Waals surface area contributed by atoms with Gasteiger partial charge in [0.05, 0.1) is 12.0 Å². The van der Waals surface area contributed by atoms with Crippen molar-refractivity contribution in [1.29, 1.82) is 0 Å². The van der Waals surface area contributed by atoms with Crippen molar-refractivity contribution in [3.63, 3.8) is 0 Å². The molecule has 0 radical (unpaired) electrons. The molecule has 3 fully saturated rings. The van der Waals surface area contributed by atoms with Gasteiger partial charge in [0.25, 0.3) is 0 Å². The molecular formula is C15H26ClN3O2. The van der Waals surface area contributed by atoms with E-state index < -0.39 is 0 Å². The first-order valence-electron chi connectivity index (χ1n) is 8.06. The predicted octanol–water partition coefficient (Wildman–Crippen LogP) is 1.02. The van der Waals surface area contributed by atoms with Gasteiger partial charge in [-0.15, -0.1) is 12.4 Å². The van der Waals surface area contributed by atoms with E-state index in [1.807, 2.05) is 9.80 Å². The SMILES string of the molecule is Cl.O=C(C1CCCN(C(=O)C2CCCN2)C1)N1CCCC1. The molecule has 3 aliphatic heterocycles. The Labute approximate surface area is 132 Å². The Balaban J connectivity index is 0.00000161. The topological polar surface area (TPSA) is 52.7 Å². The monoisotopic (exact) mass is 315 g/mol. The largest absolute Gasteiger partial charge is 0.342 e. The van der Waals surface area contributed by atoms with Gasteiger partial charge in [0.1, 0.15) is 0 Å². The van der Waals surface area contributed by atoms with E-state index in [9.17, 15) is 9.59 Å². The molecule has 0 aliphatic carbocycles. The fourth-order valence-corrected chi connectivity index (χ4v) is 3.69. The van der Waals surface area contributed by atoms with Crippen molar-refractivity contribution >= 4 is 24.2 Å². The highest BCUT2D eigenvalue weighted by atomic mass is 35.5. The van der Waals surface area contributed by atoms with E-state index in [0.717, 1.165) is 64.7 Å². The Morgan fingerprint density at radius 1 is 0.857 bits per heavy atom. The normalized spacial score (nSPS) is 29.3. The fourth-order valence-electron chi connectivity index (χ4n) is 3.69. The molecule has 21 heavy (non-hydrogen) atoms. The highest BCUT2D eigenvalue weighted by Crippen LogP contribution is 2.22. The third kappa shape index (κ3) is 3.69. The second-order valence-electron chi connectivity index (χ2n) is 6.30. The van der Waals surface area contributed by atoms with Crippen molar-refractivity contribution in [2.24, 2.45) is 5.92 Å². The standard InChI is InChI=1S/C15H25N3O2.ClH/c19-14(17-8-1-2-9-17)12-5-4-10-18(11-12)15(20)13-6-3-7-16-13;/h12-13,16H,1-11H2;1H. The summed E-state index contributed by atoms with van der Waals surface area (Å²) in [5.41, 5.74) is 0. The van der Waals surface area contributed by atoms with Gasteiger partial charge in [-0.1, -0.05) is 0 Å². The van der Waals surface area contributed by atoms with Gasteiger partial charge >= 0.3 is 0 Å². The molecule has 3 aliphatic rings. The molecule has 1 N–H and O–H groups in total. The van der Waals surface area contributed by atoms with Crippen molar-refractivity contribution in [2.45, 2.75) is 44.6 Å². The van der Waals surface area contributed by atoms with Crippen LogP contribution in [0.3, 0.4) is 0 Å². The van der Waals surface area contributed by atoms with Gasteiger partial charge in [-0.2, -0.15) is 0 Å². The van der Waals surface area contributed by atoms with Crippen LogP contribution in [0.4, 0.5) is 0 Å². The maximum Gasteiger partial charge on any atom is 0.239 e. The quantitative estimate of drug-likeness (QED) is 0.828. The van der Waals surface area contributed by atoms with Gasteiger partial charge in [-0.05, 0) is 45.1 Å². The van der Waals surface area contributed by atoms with Crippen molar-refractivity contribution in [1.82, 2.24) is 15.1 Å². The summed E-state index contributed by atoms with van der Waals surface area (Å²) in [6, 6.07) is -0.00404. The van der Waals surface area contributed by atoms with Gasteiger partial charge in [-0.25, -0.2) is 0 Å². The van der Waals surface area contributed by atoms with Gasteiger partial charge in [0.2, 0.25) is 11.8 Å². The lowest BCUT2D eigenvalue weighted by Gasteiger charge is -2.35. The number of amides is 2. The van der Waals surface area contributed by atoms with E-state index >= 15 is 0 Å². The summed E-state index contributed by atoms with van der Waals surface area (Å²) in [7, 11) is 0. The third-order valence-electron chi connectivity index (χ3n) is 4.86. The first kappa shape index (κ1) is 16.6. The van der Waals surface area contributed by atoms with E-state index in [1.165, 1.54) is 0 Å². The molecule has 3 heterocycles. The molecule has 6 heteroatoms. The highest BCUT2D eigenvalue weighted by Gasteiger charge is 2.34. The van der Waals surface area contributed by atoms with Gasteiger partial charge < -0.3 is 15.1 Å². The molecule has 0 aromatic carbocycles. The molecular weight excluding hydrogens is 290 g/mol. The lowest BCUT2D eigenvalue weighted by atomic mass is 9.96. The minimum atomic E-state index is -0.00404. The first-order valence-corrected chi connectivity index (χ1v) is 8.06. The molecule has 0 aromatic rings. The summed E-state index contributed by atoms with van der Waals surface area (Å²) in [5.74, 6) is 0.521. The van der Waals surface area contributed by atoms with Crippen LogP contribution in [0.1, 0.15) is 38.5 Å². The van der Waals surface area contributed by atoms with Crippen molar-refractivity contribution in [2.75, 3.05) is 32.7 Å². The zero-order chi connectivity index (χ0) is 13.9. The Morgan fingerprint density at radius 2 is 1.57 bits per heavy atom. The van der Waals surface area contributed by atoms with E-state index in [1.54, 1.807) is 0 Å². The van der Waals surface area contributed by atoms with Crippen LogP contribution in [-0.4, -0.2) is 60.4 Å². The zero-order valence-electron chi connectivity index (χ0n) is 12.6. The minimum absolute atomic E-state index is 0. The van der Waals surface area contributed by atoms with Gasteiger partial charge in [-0.3, -0.25) is 9.59 Å². The van der Waals surface area contributed by atoms with Crippen LogP contribution in [0.15, 0.2) is 0 Å². The number of hydrogen-bond donors (Lipinski definition) is 1. The van der Waals surface area contributed by atoms with Gasteiger partial charge in [0, 0.05) is 26.2 Å². The lowest BCUT2D eigenvalue weighted by Crippen LogP contribution is -2.50. The summed E-state index contributed by atoms with van der Waals surface area (Å²) in [4.78, 5) is 28.8. The second-order valence-corrected chi connectivity index (χ2v) is 6.30. The summed E-state index contributed by atoms with van der Waals surface area (Å²) < 4.78 is 0. The molecule has 0 bridgehead atoms. The minimum Gasteiger partial charge on any atom is -0.342 e. The number of hydrogen-bond acceptors (Lipinski definition) is 3. The zero-order valence-corrected chi connectivity index (χ0v) is 13.4. The molecule has 0 spiro atoms. The maximum absolute atomic E-state index is 12.5. The molecule has 2 unspecified atom stereocenters. The number of halogens is 1. The number of nitrogens with zero attached hydrogens (tertiary/aromatic N) is 2. The van der Waals surface area contributed by atoms with Crippen molar-refractivity contribution in [3.8, 4) is 0 Å². The van der Waals surface area contributed by atoms with Crippen LogP contribution in [0, 0.1) is 5.92 Å². The highest BCUT2D eigenvalue weighted by molar-refractivity contribution is 5.85. The van der Waals surface area contributed by atoms with E-state index in [0.29, 0.717) is 6.54 Å². The van der Waals surface area contributed by atoms with Crippen LogP contribution in [0.25, 0.3) is 0 Å². The van der Waals surface area contributed by atoms with Crippen LogP contribution < -0.4 is 5.32 Å². The van der Waals surface area contributed by atoms with E-state index in [4.69, 9.17) is 0 Å². The first-order chi connectivity index (χ1) is 9.75. The van der Waals surface area contributed by atoms with Crippen LogP contribution in [-0.2, 0) is 9.59 Å². The molecule has 5 nitrogen and oxygen atoms in total.